The molecule has 0 bridgehead atoms. The number of aryl methyl sites for hydroxylation is 2. The third kappa shape index (κ3) is 2.44. The lowest BCUT2D eigenvalue weighted by atomic mass is 10.1. The summed E-state index contributed by atoms with van der Waals surface area (Å²) in [4.78, 5) is 22.9. The SMILES string of the molecule is CCCn1nc2c(cc1=O)CN(c1cc(C)nc3ncnn13)CC2. The third-order valence-electron chi connectivity index (χ3n) is 4.26. The van der Waals surface area contributed by atoms with E-state index in [2.05, 4.69) is 25.1 Å². The Kier molecular flexibility index (Phi) is 3.51. The minimum absolute atomic E-state index is 0.0331. The van der Waals surface area contributed by atoms with Crippen molar-refractivity contribution in [1.29, 1.82) is 0 Å². The predicted molar refractivity (Wildman–Crippen MR) is 89.1 cm³/mol. The topological polar surface area (TPSA) is 81.2 Å². The maximum absolute atomic E-state index is 12.2. The van der Waals surface area contributed by atoms with Gasteiger partial charge < -0.3 is 4.90 Å². The second kappa shape index (κ2) is 5.70. The molecule has 1 aliphatic rings. The normalized spacial score (nSPS) is 14.2. The van der Waals surface area contributed by atoms with Gasteiger partial charge >= 0.3 is 0 Å². The molecule has 8 heteroatoms. The number of rotatable bonds is 3. The molecule has 124 valence electrons. The highest BCUT2D eigenvalue weighted by atomic mass is 16.1. The number of aromatic nitrogens is 6. The van der Waals surface area contributed by atoms with Crippen LogP contribution in [0.25, 0.3) is 5.78 Å². The van der Waals surface area contributed by atoms with E-state index in [0.717, 1.165) is 42.2 Å². The Bertz CT molecular complexity index is 959. The average Bonchev–Trinajstić information content (AvgIpc) is 3.03. The molecule has 0 aliphatic carbocycles. The van der Waals surface area contributed by atoms with Crippen LogP contribution < -0.4 is 10.5 Å². The summed E-state index contributed by atoms with van der Waals surface area (Å²) in [6.07, 6.45) is 3.21. The molecule has 3 aromatic rings. The number of hydrogen-bond donors (Lipinski definition) is 0. The quantitative estimate of drug-likeness (QED) is 0.713. The monoisotopic (exact) mass is 325 g/mol. The van der Waals surface area contributed by atoms with Gasteiger partial charge in [0.1, 0.15) is 12.1 Å². The lowest BCUT2D eigenvalue weighted by Gasteiger charge is -2.30. The number of anilines is 1. The van der Waals surface area contributed by atoms with Gasteiger partial charge in [0.05, 0.1) is 5.69 Å². The van der Waals surface area contributed by atoms with Crippen LogP contribution in [0.4, 0.5) is 5.82 Å². The lowest BCUT2D eigenvalue weighted by molar-refractivity contribution is 0.538. The first-order valence-electron chi connectivity index (χ1n) is 8.18. The molecular formula is C16H19N7O. The molecule has 0 atom stereocenters. The zero-order valence-corrected chi connectivity index (χ0v) is 13.8. The first-order valence-corrected chi connectivity index (χ1v) is 8.18. The van der Waals surface area contributed by atoms with Gasteiger partial charge in [-0.2, -0.15) is 19.7 Å². The van der Waals surface area contributed by atoms with Crippen molar-refractivity contribution in [3.63, 3.8) is 0 Å². The van der Waals surface area contributed by atoms with E-state index in [4.69, 9.17) is 0 Å². The largest absolute Gasteiger partial charge is 0.352 e. The van der Waals surface area contributed by atoms with Crippen molar-refractivity contribution in [1.82, 2.24) is 29.4 Å². The fraction of sp³-hybridized carbons (Fsp3) is 0.438. The summed E-state index contributed by atoms with van der Waals surface area (Å²) in [5.41, 5.74) is 2.86. The van der Waals surface area contributed by atoms with E-state index in [9.17, 15) is 4.79 Å². The van der Waals surface area contributed by atoms with Crippen molar-refractivity contribution in [2.24, 2.45) is 0 Å². The van der Waals surface area contributed by atoms with Gasteiger partial charge in [-0.1, -0.05) is 6.92 Å². The standard InChI is InChI=1S/C16H19N7O/c1-3-5-22-15(24)8-12-9-21(6-4-13(12)20-22)14-7-11(2)19-16-17-10-18-23(14)16/h7-8,10H,3-6,9H2,1-2H3. The number of nitrogens with zero attached hydrogens (tertiary/aromatic N) is 7. The molecule has 0 aromatic carbocycles. The molecule has 0 amide bonds. The second-order valence-electron chi connectivity index (χ2n) is 6.08. The van der Waals surface area contributed by atoms with Crippen LogP contribution in [0.15, 0.2) is 23.3 Å². The molecule has 8 nitrogen and oxygen atoms in total. The second-order valence-corrected chi connectivity index (χ2v) is 6.08. The summed E-state index contributed by atoms with van der Waals surface area (Å²) in [5, 5.41) is 8.80. The highest BCUT2D eigenvalue weighted by molar-refractivity contribution is 5.49. The predicted octanol–water partition coefficient (Wildman–Crippen LogP) is 0.962. The minimum Gasteiger partial charge on any atom is -0.352 e. The number of fused-ring (bicyclic) bond motifs is 2. The first-order chi connectivity index (χ1) is 11.7. The Morgan fingerprint density at radius 1 is 1.29 bits per heavy atom. The smallest absolute Gasteiger partial charge is 0.267 e. The van der Waals surface area contributed by atoms with E-state index in [1.54, 1.807) is 15.3 Å². The van der Waals surface area contributed by atoms with Gasteiger partial charge in [0, 0.05) is 49.4 Å². The summed E-state index contributed by atoms with van der Waals surface area (Å²) in [6, 6.07) is 3.72. The lowest BCUT2D eigenvalue weighted by Crippen LogP contribution is -2.36. The molecule has 4 heterocycles. The summed E-state index contributed by atoms with van der Waals surface area (Å²) in [6.45, 7) is 6.12. The van der Waals surface area contributed by atoms with Gasteiger partial charge in [-0.05, 0) is 13.3 Å². The molecular weight excluding hydrogens is 306 g/mol. The van der Waals surface area contributed by atoms with E-state index in [1.165, 1.54) is 6.33 Å². The zero-order chi connectivity index (χ0) is 16.7. The highest BCUT2D eigenvalue weighted by Gasteiger charge is 2.22. The van der Waals surface area contributed by atoms with Gasteiger partial charge in [-0.25, -0.2) is 9.67 Å². The van der Waals surface area contributed by atoms with Crippen molar-refractivity contribution in [2.45, 2.75) is 39.8 Å². The highest BCUT2D eigenvalue weighted by Crippen LogP contribution is 2.23. The van der Waals surface area contributed by atoms with E-state index in [1.807, 2.05) is 19.9 Å². The molecule has 0 fully saturated rings. The Morgan fingerprint density at radius 3 is 3.00 bits per heavy atom. The van der Waals surface area contributed by atoms with Crippen molar-refractivity contribution in [3.05, 3.63) is 45.8 Å². The Balaban J connectivity index is 1.72. The Labute approximate surface area is 138 Å². The van der Waals surface area contributed by atoms with Crippen LogP contribution >= 0.6 is 0 Å². The van der Waals surface area contributed by atoms with Crippen LogP contribution in [0.3, 0.4) is 0 Å². The summed E-state index contributed by atoms with van der Waals surface area (Å²) < 4.78 is 3.31. The van der Waals surface area contributed by atoms with Gasteiger partial charge in [0.2, 0.25) is 0 Å². The van der Waals surface area contributed by atoms with E-state index >= 15 is 0 Å². The van der Waals surface area contributed by atoms with E-state index in [-0.39, 0.29) is 5.56 Å². The summed E-state index contributed by atoms with van der Waals surface area (Å²) in [5.74, 6) is 1.53. The minimum atomic E-state index is -0.0331. The molecule has 1 aliphatic heterocycles. The van der Waals surface area contributed by atoms with Crippen molar-refractivity contribution in [3.8, 4) is 0 Å². The maximum atomic E-state index is 12.2. The Hall–Kier alpha value is -2.77. The van der Waals surface area contributed by atoms with Crippen molar-refractivity contribution < 1.29 is 0 Å². The van der Waals surface area contributed by atoms with Crippen LogP contribution in [0.5, 0.6) is 0 Å². The molecule has 24 heavy (non-hydrogen) atoms. The molecule has 4 rings (SSSR count). The molecule has 0 saturated heterocycles. The molecule has 3 aromatic heterocycles. The van der Waals surface area contributed by atoms with Crippen molar-refractivity contribution >= 4 is 11.6 Å². The Morgan fingerprint density at radius 2 is 2.17 bits per heavy atom. The average molecular weight is 325 g/mol. The molecule has 0 saturated carbocycles. The van der Waals surface area contributed by atoms with Crippen LogP contribution in [0.1, 0.15) is 30.3 Å². The van der Waals surface area contributed by atoms with Crippen LogP contribution in [0.2, 0.25) is 0 Å². The first kappa shape index (κ1) is 14.8. The summed E-state index contributed by atoms with van der Waals surface area (Å²) >= 11 is 0. The van der Waals surface area contributed by atoms with Crippen molar-refractivity contribution in [2.75, 3.05) is 11.4 Å². The zero-order valence-electron chi connectivity index (χ0n) is 13.8. The fourth-order valence-electron chi connectivity index (χ4n) is 3.14. The van der Waals surface area contributed by atoms with Gasteiger partial charge in [-0.15, -0.1) is 0 Å². The molecule has 0 spiro atoms. The maximum Gasteiger partial charge on any atom is 0.267 e. The van der Waals surface area contributed by atoms with Crippen LogP contribution in [-0.2, 0) is 19.5 Å². The van der Waals surface area contributed by atoms with Crippen LogP contribution in [-0.4, -0.2) is 35.9 Å². The molecule has 0 radical (unpaired) electrons. The van der Waals surface area contributed by atoms with E-state index in [0.29, 0.717) is 18.9 Å². The van der Waals surface area contributed by atoms with Crippen LogP contribution in [0, 0.1) is 6.92 Å². The number of hydrogen-bond acceptors (Lipinski definition) is 6. The van der Waals surface area contributed by atoms with Gasteiger partial charge in [0.25, 0.3) is 11.3 Å². The summed E-state index contributed by atoms with van der Waals surface area (Å²) in [7, 11) is 0. The molecule has 0 N–H and O–H groups in total. The van der Waals surface area contributed by atoms with Gasteiger partial charge in [0.15, 0.2) is 0 Å². The fourth-order valence-corrected chi connectivity index (χ4v) is 3.14. The van der Waals surface area contributed by atoms with Gasteiger partial charge in [-0.3, -0.25) is 4.79 Å². The third-order valence-corrected chi connectivity index (χ3v) is 4.26. The van der Waals surface area contributed by atoms with E-state index < -0.39 is 0 Å². The molecule has 0 unspecified atom stereocenters.